The maximum atomic E-state index is 13.3. The summed E-state index contributed by atoms with van der Waals surface area (Å²) in [6.07, 6.45) is 5.96. The number of carbonyl (C=O) groups excluding carboxylic acids is 1. The van der Waals surface area contributed by atoms with Gasteiger partial charge in [-0.05, 0) is 49.7 Å². The van der Waals surface area contributed by atoms with E-state index in [0.29, 0.717) is 29.6 Å². The Hall–Kier alpha value is -3.57. The third-order valence-corrected chi connectivity index (χ3v) is 12.0. The van der Waals surface area contributed by atoms with Crippen LogP contribution in [-0.2, 0) is 11.5 Å². The monoisotopic (exact) mass is 533 g/mol. The normalized spacial score (nSPS) is 16.4. The van der Waals surface area contributed by atoms with Gasteiger partial charge in [-0.3, -0.25) is 14.5 Å². The predicted octanol–water partition coefficient (Wildman–Crippen LogP) is 5.18. The lowest BCUT2D eigenvalue weighted by Crippen LogP contribution is -2.44. The summed E-state index contributed by atoms with van der Waals surface area (Å²) in [5.74, 6) is 0.677. The molecule has 0 saturated carbocycles. The summed E-state index contributed by atoms with van der Waals surface area (Å²) >= 11 is 0. The summed E-state index contributed by atoms with van der Waals surface area (Å²) in [5.41, 5.74) is 3.03. The molecule has 5 heterocycles. The number of amides is 1. The standard InChI is InChI=1S/C27H35N7O3Si/c1-17-12-18(8-10-28-17)26-30-22(16-36-26)25(35)29-21-13-19-14-33(5)32-23(19)31-24(21)34-11-9-20(15-34)37-38(6,7)27(2,3)4/h8,10,12-14,16,20H,9,11,15H2,1-7H3,(H,29,35)/t20-/m0/s1. The van der Waals surface area contributed by atoms with Crippen molar-refractivity contribution in [1.29, 1.82) is 0 Å². The summed E-state index contributed by atoms with van der Waals surface area (Å²) in [4.78, 5) is 28.9. The highest BCUT2D eigenvalue weighted by atomic mass is 28.4. The van der Waals surface area contributed by atoms with Crippen molar-refractivity contribution in [1.82, 2.24) is 24.7 Å². The van der Waals surface area contributed by atoms with E-state index in [4.69, 9.17) is 13.8 Å². The van der Waals surface area contributed by atoms with E-state index < -0.39 is 8.32 Å². The molecule has 1 amide bonds. The van der Waals surface area contributed by atoms with Crippen molar-refractivity contribution in [2.45, 2.75) is 58.4 Å². The maximum Gasteiger partial charge on any atom is 0.277 e. The third kappa shape index (κ3) is 5.21. The molecule has 0 radical (unpaired) electrons. The van der Waals surface area contributed by atoms with Crippen LogP contribution in [0.4, 0.5) is 11.5 Å². The molecule has 0 bridgehead atoms. The first kappa shape index (κ1) is 26.1. The van der Waals surface area contributed by atoms with Gasteiger partial charge >= 0.3 is 0 Å². The fraction of sp³-hybridized carbons (Fsp3) is 0.444. The van der Waals surface area contributed by atoms with Crippen molar-refractivity contribution in [3.63, 3.8) is 0 Å². The number of aromatic nitrogens is 5. The number of hydrogen-bond donors (Lipinski definition) is 1. The molecule has 0 aliphatic carbocycles. The number of rotatable bonds is 6. The van der Waals surface area contributed by atoms with E-state index in [0.717, 1.165) is 29.6 Å². The smallest absolute Gasteiger partial charge is 0.277 e. The van der Waals surface area contributed by atoms with Crippen LogP contribution in [0.5, 0.6) is 0 Å². The largest absolute Gasteiger partial charge is 0.444 e. The third-order valence-electron chi connectivity index (χ3n) is 7.43. The number of pyridine rings is 2. The van der Waals surface area contributed by atoms with Crippen LogP contribution in [-0.4, -0.2) is 58.2 Å². The van der Waals surface area contributed by atoms with E-state index in [9.17, 15) is 4.79 Å². The van der Waals surface area contributed by atoms with Crippen molar-refractivity contribution in [3.8, 4) is 11.5 Å². The Morgan fingerprint density at radius 1 is 1.24 bits per heavy atom. The van der Waals surface area contributed by atoms with E-state index in [2.05, 4.69) is 59.1 Å². The molecule has 1 N–H and O–H groups in total. The minimum absolute atomic E-state index is 0.114. The molecule has 0 unspecified atom stereocenters. The molecule has 10 nitrogen and oxygen atoms in total. The van der Waals surface area contributed by atoms with E-state index in [1.54, 1.807) is 16.9 Å². The van der Waals surface area contributed by atoms with Crippen LogP contribution in [0.25, 0.3) is 22.5 Å². The quantitative estimate of drug-likeness (QED) is 0.338. The zero-order chi connectivity index (χ0) is 27.2. The zero-order valence-electron chi connectivity index (χ0n) is 23.1. The van der Waals surface area contributed by atoms with Gasteiger partial charge in [0.25, 0.3) is 5.91 Å². The molecule has 1 fully saturated rings. The first-order chi connectivity index (χ1) is 17.9. The molecule has 0 aromatic carbocycles. The molecule has 0 spiro atoms. The molecule has 1 saturated heterocycles. The van der Waals surface area contributed by atoms with Gasteiger partial charge in [-0.2, -0.15) is 5.10 Å². The number of aryl methyl sites for hydroxylation is 2. The van der Waals surface area contributed by atoms with Gasteiger partial charge in [0.1, 0.15) is 6.26 Å². The maximum absolute atomic E-state index is 13.3. The zero-order valence-corrected chi connectivity index (χ0v) is 24.1. The minimum atomic E-state index is -1.91. The lowest BCUT2D eigenvalue weighted by Gasteiger charge is -2.38. The highest BCUT2D eigenvalue weighted by molar-refractivity contribution is 6.74. The molecule has 200 valence electrons. The minimum Gasteiger partial charge on any atom is -0.444 e. The van der Waals surface area contributed by atoms with E-state index in [1.165, 1.54) is 6.26 Å². The summed E-state index contributed by atoms with van der Waals surface area (Å²) in [6, 6.07) is 5.58. The molecule has 4 aromatic heterocycles. The van der Waals surface area contributed by atoms with E-state index >= 15 is 0 Å². The number of oxazole rings is 1. The first-order valence-corrected chi connectivity index (χ1v) is 15.8. The second-order valence-electron chi connectivity index (χ2n) is 11.5. The van der Waals surface area contributed by atoms with Gasteiger partial charge in [0.05, 0.1) is 11.8 Å². The Kier molecular flexibility index (Phi) is 6.60. The van der Waals surface area contributed by atoms with Crippen molar-refractivity contribution >= 4 is 36.8 Å². The Morgan fingerprint density at radius 3 is 2.76 bits per heavy atom. The topological polar surface area (TPSA) is 111 Å². The first-order valence-electron chi connectivity index (χ1n) is 12.9. The molecule has 38 heavy (non-hydrogen) atoms. The van der Waals surface area contributed by atoms with Crippen molar-refractivity contribution in [2.24, 2.45) is 7.05 Å². The van der Waals surface area contributed by atoms with Gasteiger partial charge in [0, 0.05) is 49.2 Å². The van der Waals surface area contributed by atoms with Crippen LogP contribution < -0.4 is 10.2 Å². The lowest BCUT2D eigenvalue weighted by molar-refractivity contribution is 0.102. The summed E-state index contributed by atoms with van der Waals surface area (Å²) in [6.45, 7) is 14.7. The Labute approximate surface area is 223 Å². The average Bonchev–Trinajstić information content (AvgIpc) is 3.56. The summed E-state index contributed by atoms with van der Waals surface area (Å²) in [7, 11) is -0.0517. The average molecular weight is 534 g/mol. The van der Waals surface area contributed by atoms with Gasteiger partial charge < -0.3 is 19.1 Å². The SMILES string of the molecule is Cc1cc(-c2nc(C(=O)Nc3cc4cn(C)nc4nc3N3CC[C@H](O[Si](C)(C)C(C)(C)C)C3)co2)ccn1. The second-order valence-corrected chi connectivity index (χ2v) is 16.2. The van der Waals surface area contributed by atoms with Crippen LogP contribution in [0.3, 0.4) is 0 Å². The van der Waals surface area contributed by atoms with Crippen LogP contribution in [0, 0.1) is 6.92 Å². The molecular formula is C27H35N7O3Si. The molecule has 11 heteroatoms. The van der Waals surface area contributed by atoms with Gasteiger partial charge in [0.2, 0.25) is 5.89 Å². The van der Waals surface area contributed by atoms with Crippen molar-refractivity contribution in [2.75, 3.05) is 23.3 Å². The fourth-order valence-corrected chi connectivity index (χ4v) is 5.76. The summed E-state index contributed by atoms with van der Waals surface area (Å²) in [5, 5.41) is 8.48. The van der Waals surface area contributed by atoms with Gasteiger partial charge in [-0.15, -0.1) is 0 Å². The molecule has 1 aliphatic rings. The van der Waals surface area contributed by atoms with Crippen LogP contribution in [0.15, 0.2) is 41.3 Å². The number of nitrogens with zero attached hydrogens (tertiary/aromatic N) is 6. The highest BCUT2D eigenvalue weighted by Gasteiger charge is 2.41. The fourth-order valence-electron chi connectivity index (χ4n) is 4.38. The summed E-state index contributed by atoms with van der Waals surface area (Å²) < 4.78 is 14.0. The lowest BCUT2D eigenvalue weighted by atomic mass is 10.2. The number of fused-ring (bicyclic) bond motifs is 1. The Bertz CT molecular complexity index is 1490. The van der Waals surface area contributed by atoms with Crippen LogP contribution >= 0.6 is 0 Å². The highest BCUT2D eigenvalue weighted by Crippen LogP contribution is 2.39. The van der Waals surface area contributed by atoms with Crippen LogP contribution in [0.1, 0.15) is 43.4 Å². The Morgan fingerprint density at radius 2 is 2.03 bits per heavy atom. The van der Waals surface area contributed by atoms with Gasteiger partial charge in [0.15, 0.2) is 25.5 Å². The second kappa shape index (κ2) is 9.63. The van der Waals surface area contributed by atoms with Crippen LogP contribution in [0.2, 0.25) is 18.1 Å². The number of anilines is 2. The van der Waals surface area contributed by atoms with Gasteiger partial charge in [-0.1, -0.05) is 20.8 Å². The number of nitrogens with one attached hydrogen (secondary N) is 1. The molecule has 1 atom stereocenters. The van der Waals surface area contributed by atoms with Gasteiger partial charge in [-0.25, -0.2) is 9.97 Å². The predicted molar refractivity (Wildman–Crippen MR) is 150 cm³/mol. The Balaban J connectivity index is 1.40. The van der Waals surface area contributed by atoms with Crippen molar-refractivity contribution in [3.05, 3.63) is 48.2 Å². The number of carbonyl (C=O) groups is 1. The molecule has 1 aliphatic heterocycles. The molecule has 5 rings (SSSR count). The van der Waals surface area contributed by atoms with E-state index in [-0.39, 0.29) is 22.7 Å². The molecular weight excluding hydrogens is 498 g/mol. The number of hydrogen-bond acceptors (Lipinski definition) is 8. The molecule has 4 aromatic rings. The van der Waals surface area contributed by atoms with E-state index in [1.807, 2.05) is 32.3 Å². The van der Waals surface area contributed by atoms with Crippen molar-refractivity contribution < 1.29 is 13.6 Å².